The van der Waals surface area contributed by atoms with Gasteiger partial charge in [0.25, 0.3) is 5.91 Å². The van der Waals surface area contributed by atoms with Crippen molar-refractivity contribution in [2.24, 2.45) is 11.1 Å². The molecule has 156 valence electrons. The molecule has 0 unspecified atom stereocenters. The first-order valence-electron chi connectivity index (χ1n) is 9.08. The van der Waals surface area contributed by atoms with Crippen LogP contribution in [0.2, 0.25) is 0 Å². The molecule has 0 saturated carbocycles. The van der Waals surface area contributed by atoms with Crippen molar-refractivity contribution in [3.8, 4) is 0 Å². The van der Waals surface area contributed by atoms with Crippen molar-refractivity contribution in [1.29, 1.82) is 0 Å². The zero-order chi connectivity index (χ0) is 21.2. The van der Waals surface area contributed by atoms with Crippen molar-refractivity contribution in [3.05, 3.63) is 29.4 Å². The molecule has 29 heavy (non-hydrogen) atoms. The topological polar surface area (TPSA) is 126 Å². The lowest BCUT2D eigenvalue weighted by atomic mass is 9.67. The summed E-state index contributed by atoms with van der Waals surface area (Å²) in [5.74, 6) is -0.658. The van der Waals surface area contributed by atoms with E-state index in [2.05, 4.69) is 10.3 Å². The van der Waals surface area contributed by atoms with E-state index in [-0.39, 0.29) is 29.9 Å². The number of nitrogens with one attached hydrogen (secondary N) is 1. The van der Waals surface area contributed by atoms with Crippen LogP contribution in [0.1, 0.15) is 24.2 Å². The van der Waals surface area contributed by atoms with Crippen LogP contribution in [0.5, 0.6) is 0 Å². The number of nitrogens with two attached hydrogens (primary N) is 1. The minimum Gasteiger partial charge on any atom is -0.390 e. The van der Waals surface area contributed by atoms with E-state index in [9.17, 15) is 19.5 Å². The first-order valence-corrected chi connectivity index (χ1v) is 11.1. The fourth-order valence-electron chi connectivity index (χ4n) is 3.34. The smallest absolute Gasteiger partial charge is 0.256 e. The average Bonchev–Trinajstić information content (AvgIpc) is 3.07. The Morgan fingerprint density at radius 1 is 1.34 bits per heavy atom. The number of carbonyl (C=O) groups excluding carboxylic acids is 3. The van der Waals surface area contributed by atoms with Crippen LogP contribution in [-0.4, -0.2) is 69.5 Å². The lowest BCUT2D eigenvalue weighted by Crippen LogP contribution is -2.70. The second kappa shape index (κ2) is 8.29. The van der Waals surface area contributed by atoms with Crippen molar-refractivity contribution in [3.63, 3.8) is 0 Å². The van der Waals surface area contributed by atoms with Crippen molar-refractivity contribution in [2.75, 3.05) is 31.1 Å². The summed E-state index contributed by atoms with van der Waals surface area (Å²) in [6, 6.07) is 1.90. The summed E-state index contributed by atoms with van der Waals surface area (Å²) < 4.78 is 0.950. The monoisotopic (exact) mass is 436 g/mol. The van der Waals surface area contributed by atoms with Gasteiger partial charge in [0.1, 0.15) is 0 Å². The van der Waals surface area contributed by atoms with E-state index in [1.807, 2.05) is 11.4 Å². The molecule has 4 N–H and O–H groups in total. The van der Waals surface area contributed by atoms with Crippen molar-refractivity contribution < 1.29 is 19.5 Å². The molecule has 0 bridgehead atoms. The zero-order valence-electron chi connectivity index (χ0n) is 16.3. The second-order valence-electron chi connectivity index (χ2n) is 7.76. The van der Waals surface area contributed by atoms with Gasteiger partial charge in [0.05, 0.1) is 32.8 Å². The molecule has 10 heteroatoms. The maximum Gasteiger partial charge on any atom is 0.256 e. The zero-order valence-corrected chi connectivity index (χ0v) is 17.9. The SMILES string of the molecule is CC(C)(O)C1(CNC(=O)CSCC(N)=O)CN(C(=O)c2cncc3sccc23)C1. The van der Waals surface area contributed by atoms with Gasteiger partial charge in [-0.05, 0) is 25.3 Å². The van der Waals surface area contributed by atoms with Gasteiger partial charge in [0.15, 0.2) is 0 Å². The van der Waals surface area contributed by atoms with Crippen LogP contribution in [-0.2, 0) is 9.59 Å². The number of pyridine rings is 1. The van der Waals surface area contributed by atoms with Crippen LogP contribution in [0.15, 0.2) is 23.8 Å². The standard InChI is InChI=1S/C19H24N4O4S2/c1-18(2,27)19(9-22-16(25)8-28-7-15(20)24)10-23(11-19)17(26)13-5-21-6-14-12(13)3-4-29-14/h3-6,27H,7-11H2,1-2H3,(H2,20,24)(H,22,25). The van der Waals surface area contributed by atoms with E-state index in [0.29, 0.717) is 18.7 Å². The van der Waals surface area contributed by atoms with Crippen molar-refractivity contribution in [1.82, 2.24) is 15.2 Å². The van der Waals surface area contributed by atoms with Crippen LogP contribution in [0.3, 0.4) is 0 Å². The Hall–Kier alpha value is -2.17. The molecule has 1 aliphatic heterocycles. The third-order valence-electron chi connectivity index (χ3n) is 5.28. The average molecular weight is 437 g/mol. The van der Waals surface area contributed by atoms with Crippen molar-refractivity contribution in [2.45, 2.75) is 19.4 Å². The molecular formula is C19H24N4O4S2. The van der Waals surface area contributed by atoms with Crippen LogP contribution in [0, 0.1) is 5.41 Å². The summed E-state index contributed by atoms with van der Waals surface area (Å²) in [7, 11) is 0. The Labute approximate surface area is 176 Å². The largest absolute Gasteiger partial charge is 0.390 e. The number of thioether (sulfide) groups is 1. The van der Waals surface area contributed by atoms with Crippen LogP contribution >= 0.6 is 23.1 Å². The van der Waals surface area contributed by atoms with E-state index in [1.54, 1.807) is 31.1 Å². The first-order chi connectivity index (χ1) is 13.6. The molecule has 0 aliphatic carbocycles. The van der Waals surface area contributed by atoms with Gasteiger partial charge < -0.3 is 21.1 Å². The highest BCUT2D eigenvalue weighted by atomic mass is 32.2. The van der Waals surface area contributed by atoms with E-state index >= 15 is 0 Å². The molecule has 1 aliphatic rings. The third-order valence-corrected chi connectivity index (χ3v) is 7.09. The number of amides is 3. The summed E-state index contributed by atoms with van der Waals surface area (Å²) in [5, 5.41) is 16.3. The number of aliphatic hydroxyl groups is 1. The third kappa shape index (κ3) is 4.54. The fraction of sp³-hybridized carbons (Fsp3) is 0.474. The second-order valence-corrected chi connectivity index (χ2v) is 9.69. The molecular weight excluding hydrogens is 412 g/mol. The number of hydrogen-bond donors (Lipinski definition) is 3. The van der Waals surface area contributed by atoms with Crippen LogP contribution in [0.4, 0.5) is 0 Å². The van der Waals surface area contributed by atoms with Gasteiger partial charge in [0.2, 0.25) is 11.8 Å². The maximum absolute atomic E-state index is 13.0. The summed E-state index contributed by atoms with van der Waals surface area (Å²) >= 11 is 2.67. The fourth-order valence-corrected chi connectivity index (χ4v) is 4.71. The van der Waals surface area contributed by atoms with Gasteiger partial charge in [0, 0.05) is 37.4 Å². The molecule has 0 radical (unpaired) electrons. The molecule has 8 nitrogen and oxygen atoms in total. The van der Waals surface area contributed by atoms with E-state index < -0.39 is 16.9 Å². The van der Waals surface area contributed by atoms with Gasteiger partial charge in [-0.25, -0.2) is 0 Å². The molecule has 1 fully saturated rings. The van der Waals surface area contributed by atoms with E-state index in [1.165, 1.54) is 11.3 Å². The molecule has 3 amide bonds. The highest BCUT2D eigenvalue weighted by molar-refractivity contribution is 8.00. The molecule has 0 spiro atoms. The number of fused-ring (bicyclic) bond motifs is 1. The Balaban J connectivity index is 1.64. The Bertz CT molecular complexity index is 932. The van der Waals surface area contributed by atoms with Gasteiger partial charge in [-0.15, -0.1) is 23.1 Å². The minimum atomic E-state index is -1.09. The van der Waals surface area contributed by atoms with E-state index in [4.69, 9.17) is 5.73 Å². The summed E-state index contributed by atoms with van der Waals surface area (Å²) in [6.07, 6.45) is 3.30. The van der Waals surface area contributed by atoms with Gasteiger partial charge in [-0.2, -0.15) is 0 Å². The van der Waals surface area contributed by atoms with Gasteiger partial charge >= 0.3 is 0 Å². The molecule has 3 rings (SSSR count). The number of carbonyl (C=O) groups is 3. The van der Waals surface area contributed by atoms with Gasteiger partial charge in [-0.3, -0.25) is 19.4 Å². The Kier molecular flexibility index (Phi) is 6.16. The predicted molar refractivity (Wildman–Crippen MR) is 114 cm³/mol. The Morgan fingerprint density at radius 3 is 2.72 bits per heavy atom. The van der Waals surface area contributed by atoms with E-state index in [0.717, 1.165) is 21.8 Å². The molecule has 1 saturated heterocycles. The van der Waals surface area contributed by atoms with Crippen LogP contribution in [0.25, 0.3) is 10.1 Å². The molecule has 2 aromatic rings. The number of primary amides is 1. The molecule has 0 atom stereocenters. The number of nitrogens with zero attached hydrogens (tertiary/aromatic N) is 2. The van der Waals surface area contributed by atoms with Crippen molar-refractivity contribution >= 4 is 50.9 Å². The quantitative estimate of drug-likeness (QED) is 0.563. The summed E-state index contributed by atoms with van der Waals surface area (Å²) in [5.41, 5.74) is 3.86. The predicted octanol–water partition coefficient (Wildman–Crippen LogP) is 0.844. The highest BCUT2D eigenvalue weighted by Gasteiger charge is 2.54. The number of likely N-dealkylation sites (tertiary alicyclic amines) is 1. The molecule has 3 heterocycles. The highest BCUT2D eigenvalue weighted by Crippen LogP contribution is 2.41. The molecule has 2 aromatic heterocycles. The lowest BCUT2D eigenvalue weighted by molar-refractivity contribution is -0.135. The number of aromatic nitrogens is 1. The number of rotatable bonds is 8. The van der Waals surface area contributed by atoms with Crippen LogP contribution < -0.4 is 11.1 Å². The Morgan fingerprint density at radius 2 is 2.07 bits per heavy atom. The van der Waals surface area contributed by atoms with Gasteiger partial charge in [-0.1, -0.05) is 0 Å². The minimum absolute atomic E-state index is 0.0779. The molecule has 0 aromatic carbocycles. The maximum atomic E-state index is 13.0. The first kappa shape index (κ1) is 21.5. The summed E-state index contributed by atoms with van der Waals surface area (Å²) in [6.45, 7) is 4.25. The summed E-state index contributed by atoms with van der Waals surface area (Å²) in [4.78, 5) is 41.6. The number of thiophene rings is 1. The number of hydrogen-bond acceptors (Lipinski definition) is 7. The lowest BCUT2D eigenvalue weighted by Gasteiger charge is -2.56. The normalized spacial score (nSPS) is 15.8.